The van der Waals surface area contributed by atoms with Gasteiger partial charge in [0.25, 0.3) is 5.91 Å². The van der Waals surface area contributed by atoms with E-state index in [1.54, 1.807) is 12.1 Å². The number of nitrogens with zero attached hydrogens (tertiary/aromatic N) is 2. The number of benzene rings is 1. The molecule has 4 nitrogen and oxygen atoms in total. The van der Waals surface area contributed by atoms with Gasteiger partial charge in [-0.1, -0.05) is 11.6 Å². The fraction of sp³-hybridized carbons (Fsp3) is 0.214. The summed E-state index contributed by atoms with van der Waals surface area (Å²) in [6, 6.07) is 7.32. The summed E-state index contributed by atoms with van der Waals surface area (Å²) < 4.78 is 0. The van der Waals surface area contributed by atoms with E-state index in [4.69, 9.17) is 11.6 Å². The first-order valence-electron chi connectivity index (χ1n) is 5.95. The molecule has 0 atom stereocenters. The van der Waals surface area contributed by atoms with Crippen LogP contribution in [0.15, 0.2) is 36.7 Å². The fourth-order valence-corrected chi connectivity index (χ4v) is 1.66. The van der Waals surface area contributed by atoms with E-state index in [9.17, 15) is 4.79 Å². The maximum absolute atomic E-state index is 11.7. The molecule has 1 aromatic carbocycles. The number of hydrogen-bond donors (Lipinski definition) is 1. The minimum atomic E-state index is -0.169. The molecule has 2 rings (SSSR count). The van der Waals surface area contributed by atoms with Crippen LogP contribution in [0.3, 0.4) is 0 Å². The molecule has 19 heavy (non-hydrogen) atoms. The summed E-state index contributed by atoms with van der Waals surface area (Å²) in [5.74, 6) is 0.399. The second-order valence-electron chi connectivity index (χ2n) is 4.43. The van der Waals surface area contributed by atoms with Crippen molar-refractivity contribution in [3.8, 4) is 11.4 Å². The molecule has 1 amide bonds. The van der Waals surface area contributed by atoms with E-state index in [0.29, 0.717) is 16.4 Å². The maximum atomic E-state index is 11.7. The molecule has 0 bridgehead atoms. The van der Waals surface area contributed by atoms with Gasteiger partial charge in [-0.05, 0) is 38.1 Å². The highest BCUT2D eigenvalue weighted by molar-refractivity contribution is 6.30. The summed E-state index contributed by atoms with van der Waals surface area (Å²) in [7, 11) is 0. The van der Waals surface area contributed by atoms with Crippen molar-refractivity contribution >= 4 is 17.5 Å². The molecule has 1 N–H and O–H groups in total. The highest BCUT2D eigenvalue weighted by Crippen LogP contribution is 2.17. The Morgan fingerprint density at radius 1 is 1.16 bits per heavy atom. The van der Waals surface area contributed by atoms with E-state index in [1.807, 2.05) is 26.0 Å². The number of aromatic nitrogens is 2. The molecule has 0 unspecified atom stereocenters. The second kappa shape index (κ2) is 5.80. The van der Waals surface area contributed by atoms with Gasteiger partial charge in [0.05, 0.1) is 5.56 Å². The number of rotatable bonds is 3. The summed E-state index contributed by atoms with van der Waals surface area (Å²) in [6.07, 6.45) is 3.04. The van der Waals surface area contributed by atoms with Gasteiger partial charge in [0.15, 0.2) is 5.82 Å². The van der Waals surface area contributed by atoms with Gasteiger partial charge in [-0.25, -0.2) is 9.97 Å². The Morgan fingerprint density at radius 3 is 2.26 bits per heavy atom. The third-order valence-electron chi connectivity index (χ3n) is 2.44. The molecule has 0 spiro atoms. The van der Waals surface area contributed by atoms with Crippen LogP contribution in [0.1, 0.15) is 24.2 Å². The number of amides is 1. The lowest BCUT2D eigenvalue weighted by molar-refractivity contribution is 0.0942. The van der Waals surface area contributed by atoms with Gasteiger partial charge in [0.1, 0.15) is 0 Å². The predicted octanol–water partition coefficient (Wildman–Crippen LogP) is 2.94. The van der Waals surface area contributed by atoms with E-state index in [1.165, 1.54) is 12.4 Å². The van der Waals surface area contributed by atoms with Crippen molar-refractivity contribution in [2.75, 3.05) is 0 Å². The highest BCUT2D eigenvalue weighted by atomic mass is 35.5. The van der Waals surface area contributed by atoms with Gasteiger partial charge in [0.2, 0.25) is 0 Å². The lowest BCUT2D eigenvalue weighted by Crippen LogP contribution is -2.30. The smallest absolute Gasteiger partial charge is 0.254 e. The minimum absolute atomic E-state index is 0.0865. The third-order valence-corrected chi connectivity index (χ3v) is 2.69. The van der Waals surface area contributed by atoms with E-state index in [2.05, 4.69) is 15.3 Å². The van der Waals surface area contributed by atoms with Crippen LogP contribution in [0.5, 0.6) is 0 Å². The minimum Gasteiger partial charge on any atom is -0.350 e. The molecule has 0 fully saturated rings. The SMILES string of the molecule is CC(C)NC(=O)c1cnc(-c2ccc(Cl)cc2)nc1. The Bertz CT molecular complexity index is 564. The lowest BCUT2D eigenvalue weighted by atomic mass is 10.2. The summed E-state index contributed by atoms with van der Waals surface area (Å²) in [4.78, 5) is 20.1. The van der Waals surface area contributed by atoms with Crippen molar-refractivity contribution in [3.05, 3.63) is 47.2 Å². The van der Waals surface area contributed by atoms with Crippen molar-refractivity contribution in [3.63, 3.8) is 0 Å². The summed E-state index contributed by atoms with van der Waals surface area (Å²) in [6.45, 7) is 3.81. The van der Waals surface area contributed by atoms with Gasteiger partial charge in [-0.15, -0.1) is 0 Å². The Hall–Kier alpha value is -1.94. The van der Waals surface area contributed by atoms with Gasteiger partial charge < -0.3 is 5.32 Å². The molecule has 0 saturated carbocycles. The number of nitrogens with one attached hydrogen (secondary N) is 1. The van der Waals surface area contributed by atoms with Crippen LogP contribution in [0.25, 0.3) is 11.4 Å². The first-order valence-corrected chi connectivity index (χ1v) is 6.33. The molecule has 0 saturated heterocycles. The van der Waals surface area contributed by atoms with E-state index in [-0.39, 0.29) is 11.9 Å². The van der Waals surface area contributed by atoms with Crippen molar-refractivity contribution in [1.29, 1.82) is 0 Å². The molecule has 5 heteroatoms. The Kier molecular flexibility index (Phi) is 4.12. The Balaban J connectivity index is 2.18. The topological polar surface area (TPSA) is 54.9 Å². The zero-order valence-corrected chi connectivity index (χ0v) is 11.5. The van der Waals surface area contributed by atoms with Crippen molar-refractivity contribution in [1.82, 2.24) is 15.3 Å². The van der Waals surface area contributed by atoms with Gasteiger partial charge in [0, 0.05) is 29.0 Å². The quantitative estimate of drug-likeness (QED) is 0.937. The number of carbonyl (C=O) groups is 1. The van der Waals surface area contributed by atoms with E-state index >= 15 is 0 Å². The molecule has 1 heterocycles. The van der Waals surface area contributed by atoms with Crippen LogP contribution in [0.4, 0.5) is 0 Å². The molecule has 1 aromatic heterocycles. The number of halogens is 1. The molecular formula is C14H14ClN3O. The molecule has 0 aliphatic carbocycles. The van der Waals surface area contributed by atoms with Crippen molar-refractivity contribution in [2.45, 2.75) is 19.9 Å². The zero-order chi connectivity index (χ0) is 13.8. The normalized spacial score (nSPS) is 10.5. The standard InChI is InChI=1S/C14H14ClN3O/c1-9(2)18-14(19)11-7-16-13(17-8-11)10-3-5-12(15)6-4-10/h3-9H,1-2H3,(H,18,19). The molecule has 98 valence electrons. The molecule has 0 aliphatic heterocycles. The number of carbonyl (C=O) groups excluding carboxylic acids is 1. The molecular weight excluding hydrogens is 262 g/mol. The van der Waals surface area contributed by atoms with Crippen molar-refractivity contribution < 1.29 is 4.79 Å². The maximum Gasteiger partial charge on any atom is 0.254 e. The fourth-order valence-electron chi connectivity index (χ4n) is 1.54. The Morgan fingerprint density at radius 2 is 1.74 bits per heavy atom. The summed E-state index contributed by atoms with van der Waals surface area (Å²) in [5.41, 5.74) is 1.31. The van der Waals surface area contributed by atoms with Crippen LogP contribution >= 0.6 is 11.6 Å². The van der Waals surface area contributed by atoms with E-state index in [0.717, 1.165) is 5.56 Å². The van der Waals surface area contributed by atoms with Gasteiger partial charge in [-0.3, -0.25) is 4.79 Å². The number of hydrogen-bond acceptors (Lipinski definition) is 3. The largest absolute Gasteiger partial charge is 0.350 e. The van der Waals surface area contributed by atoms with Crippen LogP contribution in [0, 0.1) is 0 Å². The van der Waals surface area contributed by atoms with Crippen LogP contribution in [-0.2, 0) is 0 Å². The lowest BCUT2D eigenvalue weighted by Gasteiger charge is -2.08. The van der Waals surface area contributed by atoms with Gasteiger partial charge in [-0.2, -0.15) is 0 Å². The molecule has 0 aliphatic rings. The average Bonchev–Trinajstić information content (AvgIpc) is 2.39. The van der Waals surface area contributed by atoms with Crippen LogP contribution in [0.2, 0.25) is 5.02 Å². The van der Waals surface area contributed by atoms with Gasteiger partial charge >= 0.3 is 0 Å². The molecule has 0 radical (unpaired) electrons. The second-order valence-corrected chi connectivity index (χ2v) is 4.87. The van der Waals surface area contributed by atoms with Crippen LogP contribution < -0.4 is 5.32 Å². The summed E-state index contributed by atoms with van der Waals surface area (Å²) in [5, 5.41) is 3.45. The predicted molar refractivity (Wildman–Crippen MR) is 75.1 cm³/mol. The summed E-state index contributed by atoms with van der Waals surface area (Å²) >= 11 is 5.82. The molecule has 2 aromatic rings. The van der Waals surface area contributed by atoms with Crippen molar-refractivity contribution in [2.24, 2.45) is 0 Å². The first-order chi connectivity index (χ1) is 9.06. The third kappa shape index (κ3) is 3.51. The van der Waals surface area contributed by atoms with Crippen LogP contribution in [-0.4, -0.2) is 21.9 Å². The van der Waals surface area contributed by atoms with E-state index < -0.39 is 0 Å². The zero-order valence-electron chi connectivity index (χ0n) is 10.7. The first kappa shape index (κ1) is 13.5. The highest BCUT2D eigenvalue weighted by Gasteiger charge is 2.08. The Labute approximate surface area is 116 Å². The average molecular weight is 276 g/mol. The monoisotopic (exact) mass is 275 g/mol.